The fraction of sp³-hybridized carbons (Fsp3) is 0.143. The van der Waals surface area contributed by atoms with E-state index in [0.29, 0.717) is 0 Å². The van der Waals surface area contributed by atoms with Crippen molar-refractivity contribution in [2.45, 2.75) is 11.8 Å². The van der Waals surface area contributed by atoms with Crippen LogP contribution in [0.3, 0.4) is 0 Å². The molecule has 1 aromatic rings. The molecule has 0 unspecified atom stereocenters. The van der Waals surface area contributed by atoms with E-state index in [9.17, 15) is 0 Å². The van der Waals surface area contributed by atoms with Gasteiger partial charge in [-0.05, 0) is 34.5 Å². The smallest absolute Gasteiger partial charge is 0.0490 e. The van der Waals surface area contributed by atoms with E-state index in [4.69, 9.17) is 5.73 Å². The van der Waals surface area contributed by atoms with Crippen LogP contribution in [0.2, 0.25) is 0 Å². The van der Waals surface area contributed by atoms with Gasteiger partial charge in [-0.15, -0.1) is 12.6 Å². The molecule has 1 nitrogen and oxygen atoms in total. The molecule has 0 aliphatic carbocycles. The molecule has 0 bridgehead atoms. The lowest BCUT2D eigenvalue weighted by molar-refractivity contribution is 1.34. The number of thiol groups is 1. The van der Waals surface area contributed by atoms with Gasteiger partial charge < -0.3 is 5.73 Å². The molecule has 0 fully saturated rings. The summed E-state index contributed by atoms with van der Waals surface area (Å²) in [7, 11) is 0. The Bertz CT molecular complexity index is 233. The van der Waals surface area contributed by atoms with Gasteiger partial charge in [-0.2, -0.15) is 0 Å². The van der Waals surface area contributed by atoms with Crippen molar-refractivity contribution in [3.8, 4) is 0 Å². The number of anilines is 1. The number of nitrogen functional groups attached to an aromatic ring is 1. The number of rotatable bonds is 0. The monoisotopic (exact) mass is 217 g/mol. The average Bonchev–Trinajstić information content (AvgIpc) is 1.93. The van der Waals surface area contributed by atoms with E-state index in [1.54, 1.807) is 0 Å². The van der Waals surface area contributed by atoms with Crippen molar-refractivity contribution in [1.82, 2.24) is 0 Å². The molecule has 54 valence electrons. The van der Waals surface area contributed by atoms with Crippen LogP contribution in [0.25, 0.3) is 0 Å². The number of hydrogen-bond donors (Lipinski definition) is 2. The summed E-state index contributed by atoms with van der Waals surface area (Å²) in [6.45, 7) is 1.96. The van der Waals surface area contributed by atoms with Crippen LogP contribution in [-0.2, 0) is 0 Å². The van der Waals surface area contributed by atoms with Gasteiger partial charge in [0.25, 0.3) is 0 Å². The minimum atomic E-state index is 0.748. The first-order valence-electron chi connectivity index (χ1n) is 2.86. The Morgan fingerprint density at radius 1 is 1.50 bits per heavy atom. The minimum Gasteiger partial charge on any atom is -0.398 e. The maximum absolute atomic E-state index is 5.68. The SMILES string of the molecule is Cc1ccc(Br)c(S)c1N. The van der Waals surface area contributed by atoms with Gasteiger partial charge in [0, 0.05) is 15.1 Å². The van der Waals surface area contributed by atoms with E-state index in [1.165, 1.54) is 0 Å². The first-order valence-corrected chi connectivity index (χ1v) is 4.10. The van der Waals surface area contributed by atoms with E-state index < -0.39 is 0 Å². The van der Waals surface area contributed by atoms with Crippen molar-refractivity contribution < 1.29 is 0 Å². The Kier molecular flexibility index (Phi) is 2.26. The van der Waals surface area contributed by atoms with Crippen molar-refractivity contribution >= 4 is 34.2 Å². The van der Waals surface area contributed by atoms with E-state index in [1.807, 2.05) is 19.1 Å². The Morgan fingerprint density at radius 2 is 2.10 bits per heavy atom. The van der Waals surface area contributed by atoms with E-state index >= 15 is 0 Å². The predicted octanol–water partition coefficient (Wildman–Crippen LogP) is 2.63. The third kappa shape index (κ3) is 1.30. The molecule has 0 radical (unpaired) electrons. The standard InChI is InChI=1S/C7H8BrNS/c1-4-2-3-5(8)7(10)6(4)9/h2-3,10H,9H2,1H3. The van der Waals surface area contributed by atoms with Crippen molar-refractivity contribution in [3.05, 3.63) is 22.2 Å². The molecule has 10 heavy (non-hydrogen) atoms. The number of hydrogen-bond acceptors (Lipinski definition) is 2. The largest absolute Gasteiger partial charge is 0.398 e. The molecule has 0 atom stereocenters. The van der Waals surface area contributed by atoms with Crippen LogP contribution >= 0.6 is 28.6 Å². The third-order valence-electron chi connectivity index (χ3n) is 1.39. The molecule has 3 heteroatoms. The lowest BCUT2D eigenvalue weighted by Gasteiger charge is -2.03. The van der Waals surface area contributed by atoms with Crippen molar-refractivity contribution in [2.75, 3.05) is 5.73 Å². The van der Waals surface area contributed by atoms with Gasteiger partial charge in [0.2, 0.25) is 0 Å². The van der Waals surface area contributed by atoms with Gasteiger partial charge in [0.15, 0.2) is 0 Å². The number of aryl methyl sites for hydroxylation is 1. The second-order valence-electron chi connectivity index (χ2n) is 2.13. The summed E-state index contributed by atoms with van der Waals surface area (Å²) in [5, 5.41) is 0. The maximum atomic E-state index is 5.68. The molecular formula is C7H8BrNS. The van der Waals surface area contributed by atoms with Crippen molar-refractivity contribution in [2.24, 2.45) is 0 Å². The van der Waals surface area contributed by atoms with Crippen LogP contribution in [0, 0.1) is 6.92 Å². The summed E-state index contributed by atoms with van der Waals surface area (Å²) in [6.07, 6.45) is 0. The molecule has 1 rings (SSSR count). The summed E-state index contributed by atoms with van der Waals surface area (Å²) in [5.41, 5.74) is 7.49. The Labute approximate surface area is 74.2 Å². The van der Waals surface area contributed by atoms with Crippen molar-refractivity contribution in [1.29, 1.82) is 0 Å². The second-order valence-corrected chi connectivity index (χ2v) is 3.43. The molecule has 0 heterocycles. The number of nitrogens with two attached hydrogens (primary N) is 1. The van der Waals surface area contributed by atoms with Crippen LogP contribution in [-0.4, -0.2) is 0 Å². The molecule has 0 aromatic heterocycles. The molecule has 0 saturated heterocycles. The molecular weight excluding hydrogens is 210 g/mol. The van der Waals surface area contributed by atoms with E-state index in [2.05, 4.69) is 28.6 Å². The zero-order valence-corrected chi connectivity index (χ0v) is 8.04. The van der Waals surface area contributed by atoms with Crippen LogP contribution in [0.15, 0.2) is 21.5 Å². The highest BCUT2D eigenvalue weighted by Crippen LogP contribution is 2.28. The van der Waals surface area contributed by atoms with Crippen LogP contribution in [0.4, 0.5) is 5.69 Å². The maximum Gasteiger partial charge on any atom is 0.0490 e. The van der Waals surface area contributed by atoms with Gasteiger partial charge >= 0.3 is 0 Å². The predicted molar refractivity (Wildman–Crippen MR) is 50.5 cm³/mol. The Balaban J connectivity index is 3.34. The van der Waals surface area contributed by atoms with Crippen LogP contribution < -0.4 is 5.73 Å². The Hall–Kier alpha value is -0.150. The van der Waals surface area contributed by atoms with Crippen molar-refractivity contribution in [3.63, 3.8) is 0 Å². The summed E-state index contributed by atoms with van der Waals surface area (Å²) >= 11 is 7.53. The summed E-state index contributed by atoms with van der Waals surface area (Å²) in [4.78, 5) is 0.819. The topological polar surface area (TPSA) is 26.0 Å². The van der Waals surface area contributed by atoms with Gasteiger partial charge in [-0.3, -0.25) is 0 Å². The zero-order valence-electron chi connectivity index (χ0n) is 5.56. The molecule has 0 spiro atoms. The molecule has 2 N–H and O–H groups in total. The third-order valence-corrected chi connectivity index (χ3v) is 2.83. The van der Waals surface area contributed by atoms with Gasteiger partial charge in [-0.25, -0.2) is 0 Å². The Morgan fingerprint density at radius 3 is 2.60 bits per heavy atom. The minimum absolute atomic E-state index is 0.748. The first kappa shape index (κ1) is 7.95. The zero-order chi connectivity index (χ0) is 7.72. The quantitative estimate of drug-likeness (QED) is 0.508. The van der Waals surface area contributed by atoms with E-state index in [0.717, 1.165) is 20.6 Å². The number of halogens is 1. The lowest BCUT2D eigenvalue weighted by atomic mass is 10.2. The molecule has 0 aliphatic rings. The van der Waals surface area contributed by atoms with Gasteiger partial charge in [0.1, 0.15) is 0 Å². The average molecular weight is 218 g/mol. The van der Waals surface area contributed by atoms with Crippen LogP contribution in [0.1, 0.15) is 5.56 Å². The molecule has 1 aromatic carbocycles. The van der Waals surface area contributed by atoms with Gasteiger partial charge in [0.05, 0.1) is 0 Å². The molecule has 0 amide bonds. The van der Waals surface area contributed by atoms with E-state index in [-0.39, 0.29) is 0 Å². The fourth-order valence-corrected chi connectivity index (χ4v) is 1.28. The summed E-state index contributed by atoms with van der Waals surface area (Å²) in [6, 6.07) is 3.90. The highest BCUT2D eigenvalue weighted by atomic mass is 79.9. The molecule has 0 saturated carbocycles. The first-order chi connectivity index (χ1) is 4.63. The molecule has 0 aliphatic heterocycles. The fourth-order valence-electron chi connectivity index (χ4n) is 0.682. The highest BCUT2D eigenvalue weighted by Gasteiger charge is 2.00. The lowest BCUT2D eigenvalue weighted by Crippen LogP contribution is -1.90. The van der Waals surface area contributed by atoms with Crippen LogP contribution in [0.5, 0.6) is 0 Å². The summed E-state index contributed by atoms with van der Waals surface area (Å²) in [5.74, 6) is 0. The second kappa shape index (κ2) is 2.84. The normalized spacial score (nSPS) is 9.90. The number of benzene rings is 1. The van der Waals surface area contributed by atoms with Gasteiger partial charge in [-0.1, -0.05) is 6.07 Å². The summed E-state index contributed by atoms with van der Waals surface area (Å²) < 4.78 is 0.943. The highest BCUT2D eigenvalue weighted by molar-refractivity contribution is 9.10.